The first-order valence-corrected chi connectivity index (χ1v) is 11.5. The molecule has 1 aliphatic heterocycles. The molecule has 7 heteroatoms. The van der Waals surface area contributed by atoms with Crippen LogP contribution in [-0.2, 0) is 16.1 Å². The number of hydrogen-bond acceptors (Lipinski definition) is 4. The normalized spacial score (nSPS) is 16.9. The van der Waals surface area contributed by atoms with E-state index in [-0.39, 0.29) is 24.1 Å². The number of amides is 2. The lowest BCUT2D eigenvalue weighted by atomic mass is 10.1. The van der Waals surface area contributed by atoms with E-state index in [2.05, 4.69) is 10.3 Å². The van der Waals surface area contributed by atoms with Crippen LogP contribution in [0.1, 0.15) is 23.1 Å². The summed E-state index contributed by atoms with van der Waals surface area (Å²) in [6, 6.07) is 21.2. The van der Waals surface area contributed by atoms with Gasteiger partial charge in [-0.2, -0.15) is 0 Å². The fourth-order valence-corrected chi connectivity index (χ4v) is 4.74. The molecule has 3 aromatic carbocycles. The minimum Gasteiger partial charge on any atom is -0.326 e. The molecule has 5 nitrogen and oxygen atoms in total. The summed E-state index contributed by atoms with van der Waals surface area (Å²) in [5.41, 5.74) is 4.33. The molecule has 2 amide bonds. The number of thioether (sulfide) groups is 1. The second kappa shape index (κ2) is 10.0. The first kappa shape index (κ1) is 22.7. The lowest BCUT2D eigenvalue weighted by molar-refractivity contribution is -0.128. The summed E-state index contributed by atoms with van der Waals surface area (Å²) in [7, 11) is 0. The number of hydrogen-bond donors (Lipinski definition) is 1. The Kier molecular flexibility index (Phi) is 6.89. The molecule has 0 aliphatic carbocycles. The molecule has 0 aromatic heterocycles. The van der Waals surface area contributed by atoms with Crippen molar-refractivity contribution < 1.29 is 14.0 Å². The van der Waals surface area contributed by atoms with Crippen LogP contribution < -0.4 is 5.32 Å². The lowest BCUT2D eigenvalue weighted by Crippen LogP contribution is -2.33. The van der Waals surface area contributed by atoms with Crippen LogP contribution >= 0.6 is 11.8 Å². The number of nitrogens with zero attached hydrogens (tertiary/aromatic N) is 2. The van der Waals surface area contributed by atoms with Crippen LogP contribution in [-0.4, -0.2) is 27.1 Å². The van der Waals surface area contributed by atoms with Crippen LogP contribution in [0.2, 0.25) is 0 Å². The van der Waals surface area contributed by atoms with Gasteiger partial charge in [0, 0.05) is 12.1 Å². The molecular formula is C26H24FN3O2S. The van der Waals surface area contributed by atoms with Gasteiger partial charge < -0.3 is 5.32 Å². The number of amidine groups is 1. The van der Waals surface area contributed by atoms with Crippen LogP contribution in [0.15, 0.2) is 77.8 Å². The molecule has 0 unspecified atom stereocenters. The molecule has 1 atom stereocenters. The highest BCUT2D eigenvalue weighted by Gasteiger charge is 2.39. The van der Waals surface area contributed by atoms with E-state index in [9.17, 15) is 14.0 Å². The van der Waals surface area contributed by atoms with Gasteiger partial charge in [0.25, 0.3) is 0 Å². The predicted molar refractivity (Wildman–Crippen MR) is 131 cm³/mol. The molecule has 1 saturated heterocycles. The maximum Gasteiger partial charge on any atom is 0.242 e. The molecule has 1 heterocycles. The Hall–Kier alpha value is -3.45. The van der Waals surface area contributed by atoms with Crippen molar-refractivity contribution in [3.8, 4) is 0 Å². The van der Waals surface area contributed by atoms with E-state index in [4.69, 9.17) is 0 Å². The van der Waals surface area contributed by atoms with Crippen LogP contribution in [0.3, 0.4) is 0 Å². The Morgan fingerprint density at radius 3 is 2.48 bits per heavy atom. The van der Waals surface area contributed by atoms with Gasteiger partial charge in [0.05, 0.1) is 12.2 Å². The molecule has 1 aliphatic rings. The van der Waals surface area contributed by atoms with Crippen molar-refractivity contribution in [3.05, 3.63) is 95.3 Å². The van der Waals surface area contributed by atoms with E-state index >= 15 is 0 Å². The SMILES string of the molecule is Cc1ccc(NC(=O)C[C@@H]2SC(=Nc3ccc(F)cc3)N(Cc3ccccc3)C2=O)c(C)c1. The number of carbonyl (C=O) groups excluding carboxylic acids is 2. The fraction of sp³-hybridized carbons (Fsp3) is 0.192. The summed E-state index contributed by atoms with van der Waals surface area (Å²) >= 11 is 1.26. The van der Waals surface area contributed by atoms with Crippen molar-refractivity contribution >= 4 is 40.1 Å². The molecule has 0 radical (unpaired) electrons. The Morgan fingerprint density at radius 2 is 1.79 bits per heavy atom. The third-order valence-electron chi connectivity index (χ3n) is 5.28. The van der Waals surface area contributed by atoms with Crippen molar-refractivity contribution in [1.82, 2.24) is 4.90 Å². The molecule has 168 valence electrons. The Labute approximate surface area is 196 Å². The number of carbonyl (C=O) groups is 2. The average Bonchev–Trinajstić information content (AvgIpc) is 3.06. The van der Waals surface area contributed by atoms with Gasteiger partial charge >= 0.3 is 0 Å². The lowest BCUT2D eigenvalue weighted by Gasteiger charge is -2.16. The van der Waals surface area contributed by atoms with E-state index in [1.54, 1.807) is 17.0 Å². The van der Waals surface area contributed by atoms with Crippen molar-refractivity contribution in [2.24, 2.45) is 4.99 Å². The molecule has 0 bridgehead atoms. The summed E-state index contributed by atoms with van der Waals surface area (Å²) in [5.74, 6) is -0.743. The maximum atomic E-state index is 13.3. The van der Waals surface area contributed by atoms with Gasteiger partial charge in [0.1, 0.15) is 11.1 Å². The first-order chi connectivity index (χ1) is 15.9. The minimum atomic E-state index is -0.585. The van der Waals surface area contributed by atoms with E-state index in [0.29, 0.717) is 17.4 Å². The van der Waals surface area contributed by atoms with Gasteiger partial charge in [0.15, 0.2) is 5.17 Å². The van der Waals surface area contributed by atoms with Crippen molar-refractivity contribution in [1.29, 1.82) is 0 Å². The summed E-state index contributed by atoms with van der Waals surface area (Å²) < 4.78 is 13.3. The fourth-order valence-electron chi connectivity index (χ4n) is 3.59. The highest BCUT2D eigenvalue weighted by atomic mass is 32.2. The van der Waals surface area contributed by atoms with Crippen molar-refractivity contribution in [2.75, 3.05) is 5.32 Å². The van der Waals surface area contributed by atoms with Gasteiger partial charge in [-0.25, -0.2) is 9.38 Å². The van der Waals surface area contributed by atoms with E-state index in [0.717, 1.165) is 22.4 Å². The van der Waals surface area contributed by atoms with E-state index in [1.165, 1.54) is 23.9 Å². The molecule has 3 aromatic rings. The van der Waals surface area contributed by atoms with E-state index in [1.807, 2.05) is 62.4 Å². The summed E-state index contributed by atoms with van der Waals surface area (Å²) in [6.07, 6.45) is 0.0323. The third kappa shape index (κ3) is 5.68. The van der Waals surface area contributed by atoms with Gasteiger partial charge in [0.2, 0.25) is 11.8 Å². The number of nitrogens with one attached hydrogen (secondary N) is 1. The standard InChI is InChI=1S/C26H24FN3O2S/c1-17-8-13-22(18(2)14-17)29-24(31)15-23-25(32)30(16-19-6-4-3-5-7-19)26(33-23)28-21-11-9-20(27)10-12-21/h3-14,23H,15-16H2,1-2H3,(H,29,31)/t23-/m0/s1. The molecular weight excluding hydrogens is 437 g/mol. The molecule has 0 spiro atoms. The van der Waals surface area contributed by atoms with Crippen LogP contribution in [0.4, 0.5) is 15.8 Å². The highest BCUT2D eigenvalue weighted by Crippen LogP contribution is 2.33. The summed E-state index contributed by atoms with van der Waals surface area (Å²) in [5, 5.41) is 2.83. The Bertz CT molecular complexity index is 1200. The summed E-state index contributed by atoms with van der Waals surface area (Å²) in [6.45, 7) is 4.28. The zero-order chi connectivity index (χ0) is 23.4. The molecule has 1 fully saturated rings. The predicted octanol–water partition coefficient (Wildman–Crippen LogP) is 5.60. The smallest absolute Gasteiger partial charge is 0.242 e. The number of anilines is 1. The Morgan fingerprint density at radius 1 is 1.06 bits per heavy atom. The molecule has 4 rings (SSSR count). The average molecular weight is 462 g/mol. The Balaban J connectivity index is 1.54. The number of rotatable bonds is 6. The van der Waals surface area contributed by atoms with Crippen LogP contribution in [0, 0.1) is 19.7 Å². The van der Waals surface area contributed by atoms with Crippen LogP contribution in [0.5, 0.6) is 0 Å². The number of aryl methyl sites for hydroxylation is 2. The van der Waals surface area contributed by atoms with Gasteiger partial charge in [-0.15, -0.1) is 0 Å². The number of aliphatic imine (C=N–C) groups is 1. The van der Waals surface area contributed by atoms with Crippen LogP contribution in [0.25, 0.3) is 0 Å². The molecule has 33 heavy (non-hydrogen) atoms. The van der Waals surface area contributed by atoms with Crippen molar-refractivity contribution in [2.45, 2.75) is 32.1 Å². The zero-order valence-electron chi connectivity index (χ0n) is 18.4. The topological polar surface area (TPSA) is 61.8 Å². The van der Waals surface area contributed by atoms with E-state index < -0.39 is 5.25 Å². The highest BCUT2D eigenvalue weighted by molar-refractivity contribution is 8.15. The second-order valence-corrected chi connectivity index (χ2v) is 9.13. The number of halogens is 1. The summed E-state index contributed by atoms with van der Waals surface area (Å²) in [4.78, 5) is 32.2. The first-order valence-electron chi connectivity index (χ1n) is 10.6. The second-order valence-electron chi connectivity index (χ2n) is 7.96. The number of benzene rings is 3. The monoisotopic (exact) mass is 461 g/mol. The minimum absolute atomic E-state index is 0.0323. The van der Waals surface area contributed by atoms with Crippen molar-refractivity contribution in [3.63, 3.8) is 0 Å². The quantitative estimate of drug-likeness (QED) is 0.520. The zero-order valence-corrected chi connectivity index (χ0v) is 19.2. The van der Waals surface area contributed by atoms with Gasteiger partial charge in [-0.3, -0.25) is 14.5 Å². The molecule has 0 saturated carbocycles. The third-order valence-corrected chi connectivity index (χ3v) is 6.46. The maximum absolute atomic E-state index is 13.3. The largest absolute Gasteiger partial charge is 0.326 e. The van der Waals surface area contributed by atoms with Gasteiger partial charge in [-0.05, 0) is 55.3 Å². The molecule has 1 N–H and O–H groups in total. The van der Waals surface area contributed by atoms with Gasteiger partial charge in [-0.1, -0.05) is 59.8 Å².